The lowest BCUT2D eigenvalue weighted by atomic mass is 9.88. The van der Waals surface area contributed by atoms with E-state index in [0.29, 0.717) is 6.54 Å². The molecule has 108 valence electrons. The molecule has 1 aliphatic rings. The minimum atomic E-state index is 0. The first kappa shape index (κ1) is 17.7. The van der Waals surface area contributed by atoms with Crippen LogP contribution in [0.2, 0.25) is 0 Å². The molecule has 1 amide bonds. The quantitative estimate of drug-likeness (QED) is 0.821. The highest BCUT2D eigenvalue weighted by molar-refractivity contribution is 5.85. The van der Waals surface area contributed by atoms with Gasteiger partial charge in [-0.1, -0.05) is 20.8 Å². The molecule has 0 aromatic heterocycles. The fourth-order valence-electron chi connectivity index (χ4n) is 2.16. The molecule has 1 rings (SSSR count). The zero-order valence-corrected chi connectivity index (χ0v) is 12.7. The van der Waals surface area contributed by atoms with E-state index in [1.54, 1.807) is 7.11 Å². The van der Waals surface area contributed by atoms with Crippen molar-refractivity contribution in [1.82, 2.24) is 10.6 Å². The first-order valence-corrected chi connectivity index (χ1v) is 6.46. The number of hydrogen-bond donors (Lipinski definition) is 2. The molecule has 1 aliphatic heterocycles. The highest BCUT2D eigenvalue weighted by Crippen LogP contribution is 2.21. The predicted molar refractivity (Wildman–Crippen MR) is 76.1 cm³/mol. The van der Waals surface area contributed by atoms with Crippen molar-refractivity contribution in [3.8, 4) is 0 Å². The standard InChI is InChI=1S/C13H26N2O2.ClH/c1-13(2,3)11(17-4)9-15-12(16)10-6-5-7-14-8-10;/h10-11,14H,5-9H2,1-4H3,(H,15,16);1H. The van der Waals surface area contributed by atoms with E-state index in [2.05, 4.69) is 31.4 Å². The minimum Gasteiger partial charge on any atom is -0.379 e. The number of carbonyl (C=O) groups is 1. The smallest absolute Gasteiger partial charge is 0.224 e. The number of hydrogen-bond acceptors (Lipinski definition) is 3. The topological polar surface area (TPSA) is 50.4 Å². The van der Waals surface area contributed by atoms with Crippen LogP contribution in [0.3, 0.4) is 0 Å². The van der Waals surface area contributed by atoms with Crippen molar-refractivity contribution in [3.05, 3.63) is 0 Å². The summed E-state index contributed by atoms with van der Waals surface area (Å²) in [7, 11) is 1.70. The van der Waals surface area contributed by atoms with Gasteiger partial charge in [-0.25, -0.2) is 0 Å². The summed E-state index contributed by atoms with van der Waals surface area (Å²) < 4.78 is 5.42. The van der Waals surface area contributed by atoms with Gasteiger partial charge in [-0.2, -0.15) is 0 Å². The van der Waals surface area contributed by atoms with Gasteiger partial charge in [-0.05, 0) is 24.8 Å². The molecule has 0 aromatic rings. The maximum absolute atomic E-state index is 11.9. The number of amides is 1. The van der Waals surface area contributed by atoms with Crippen LogP contribution < -0.4 is 10.6 Å². The molecule has 1 saturated heterocycles. The summed E-state index contributed by atoms with van der Waals surface area (Å²) in [6.45, 7) is 8.79. The molecule has 5 heteroatoms. The Morgan fingerprint density at radius 3 is 2.61 bits per heavy atom. The van der Waals surface area contributed by atoms with Crippen LogP contribution >= 0.6 is 12.4 Å². The lowest BCUT2D eigenvalue weighted by molar-refractivity contribution is -0.126. The molecular weight excluding hydrogens is 252 g/mol. The zero-order chi connectivity index (χ0) is 12.9. The van der Waals surface area contributed by atoms with Gasteiger partial charge in [-0.3, -0.25) is 4.79 Å². The van der Waals surface area contributed by atoms with Crippen LogP contribution in [0.5, 0.6) is 0 Å². The Labute approximate surface area is 117 Å². The van der Waals surface area contributed by atoms with E-state index in [1.165, 1.54) is 0 Å². The maximum atomic E-state index is 11.9. The highest BCUT2D eigenvalue weighted by atomic mass is 35.5. The minimum absolute atomic E-state index is 0. The Bertz CT molecular complexity index is 248. The molecule has 0 saturated carbocycles. The largest absolute Gasteiger partial charge is 0.379 e. The van der Waals surface area contributed by atoms with Gasteiger partial charge >= 0.3 is 0 Å². The van der Waals surface area contributed by atoms with Gasteiger partial charge in [0.25, 0.3) is 0 Å². The van der Waals surface area contributed by atoms with Gasteiger partial charge in [0.1, 0.15) is 0 Å². The van der Waals surface area contributed by atoms with Gasteiger partial charge in [0.05, 0.1) is 12.0 Å². The molecule has 0 radical (unpaired) electrons. The number of methoxy groups -OCH3 is 1. The van der Waals surface area contributed by atoms with Crippen LogP contribution in [-0.2, 0) is 9.53 Å². The van der Waals surface area contributed by atoms with E-state index >= 15 is 0 Å². The van der Waals surface area contributed by atoms with Gasteiger partial charge in [0.15, 0.2) is 0 Å². The van der Waals surface area contributed by atoms with E-state index in [1.807, 2.05) is 0 Å². The maximum Gasteiger partial charge on any atom is 0.224 e. The van der Waals surface area contributed by atoms with Crippen LogP contribution in [0.25, 0.3) is 0 Å². The Hall–Kier alpha value is -0.320. The number of rotatable bonds is 4. The van der Waals surface area contributed by atoms with Crippen molar-refractivity contribution in [3.63, 3.8) is 0 Å². The monoisotopic (exact) mass is 278 g/mol. The van der Waals surface area contributed by atoms with Crippen LogP contribution in [0.4, 0.5) is 0 Å². The summed E-state index contributed by atoms with van der Waals surface area (Å²) in [4.78, 5) is 11.9. The predicted octanol–water partition coefficient (Wildman–Crippen LogP) is 1.59. The van der Waals surface area contributed by atoms with Gasteiger partial charge in [-0.15, -0.1) is 12.4 Å². The van der Waals surface area contributed by atoms with Crippen LogP contribution in [0.1, 0.15) is 33.6 Å². The molecule has 18 heavy (non-hydrogen) atoms. The van der Waals surface area contributed by atoms with Crippen molar-refractivity contribution in [1.29, 1.82) is 0 Å². The van der Waals surface area contributed by atoms with Crippen LogP contribution in [0, 0.1) is 11.3 Å². The zero-order valence-electron chi connectivity index (χ0n) is 11.9. The van der Waals surface area contributed by atoms with Crippen molar-refractivity contribution < 1.29 is 9.53 Å². The van der Waals surface area contributed by atoms with E-state index in [9.17, 15) is 4.79 Å². The molecule has 1 heterocycles. The lowest BCUT2D eigenvalue weighted by Gasteiger charge is -2.30. The van der Waals surface area contributed by atoms with Crippen LogP contribution in [0.15, 0.2) is 0 Å². The summed E-state index contributed by atoms with van der Waals surface area (Å²) in [5.74, 6) is 0.282. The molecule has 0 aromatic carbocycles. The normalized spacial score (nSPS) is 21.9. The second kappa shape index (κ2) is 7.97. The van der Waals surface area contributed by atoms with Gasteiger partial charge < -0.3 is 15.4 Å². The Balaban J connectivity index is 0.00000289. The van der Waals surface area contributed by atoms with E-state index in [4.69, 9.17) is 4.74 Å². The number of ether oxygens (including phenoxy) is 1. The third-order valence-corrected chi connectivity index (χ3v) is 3.38. The summed E-state index contributed by atoms with van der Waals surface area (Å²) in [5.41, 5.74) is 0.0485. The SMILES string of the molecule is COC(CNC(=O)C1CCCNC1)C(C)(C)C.Cl. The molecule has 2 atom stereocenters. The number of halogens is 1. The number of carbonyl (C=O) groups excluding carboxylic acids is 1. The van der Waals surface area contributed by atoms with Crippen molar-refractivity contribution in [2.24, 2.45) is 11.3 Å². The summed E-state index contributed by atoms with van der Waals surface area (Å²) in [6.07, 6.45) is 2.14. The fraction of sp³-hybridized carbons (Fsp3) is 0.923. The third kappa shape index (κ3) is 5.55. The highest BCUT2D eigenvalue weighted by Gasteiger charge is 2.26. The molecule has 0 spiro atoms. The van der Waals surface area contributed by atoms with Crippen LogP contribution in [-0.4, -0.2) is 38.8 Å². The van der Waals surface area contributed by atoms with Gasteiger partial charge in [0.2, 0.25) is 5.91 Å². The molecule has 4 nitrogen and oxygen atoms in total. The van der Waals surface area contributed by atoms with Crippen molar-refractivity contribution >= 4 is 18.3 Å². The first-order valence-electron chi connectivity index (χ1n) is 6.46. The van der Waals surface area contributed by atoms with Gasteiger partial charge in [0, 0.05) is 20.2 Å². The molecule has 0 aliphatic carbocycles. The Kier molecular flexibility index (Phi) is 7.83. The first-order chi connectivity index (χ1) is 7.95. The van der Waals surface area contributed by atoms with E-state index in [0.717, 1.165) is 25.9 Å². The molecule has 2 N–H and O–H groups in total. The van der Waals surface area contributed by atoms with E-state index in [-0.39, 0.29) is 35.8 Å². The fourth-order valence-corrected chi connectivity index (χ4v) is 2.16. The molecular formula is C13H27ClN2O2. The molecule has 1 fully saturated rings. The second-order valence-corrected chi connectivity index (χ2v) is 5.88. The Morgan fingerprint density at radius 1 is 1.50 bits per heavy atom. The second-order valence-electron chi connectivity index (χ2n) is 5.88. The number of nitrogens with one attached hydrogen (secondary N) is 2. The lowest BCUT2D eigenvalue weighted by Crippen LogP contribution is -2.45. The van der Waals surface area contributed by atoms with E-state index < -0.39 is 0 Å². The average Bonchev–Trinajstić information content (AvgIpc) is 2.29. The summed E-state index contributed by atoms with van der Waals surface area (Å²) >= 11 is 0. The summed E-state index contributed by atoms with van der Waals surface area (Å²) in [6, 6.07) is 0. The number of piperidine rings is 1. The van der Waals surface area contributed by atoms with Crippen molar-refractivity contribution in [2.45, 2.75) is 39.7 Å². The molecule has 0 bridgehead atoms. The molecule has 2 unspecified atom stereocenters. The third-order valence-electron chi connectivity index (χ3n) is 3.38. The average molecular weight is 279 g/mol. The Morgan fingerprint density at radius 2 is 2.17 bits per heavy atom. The van der Waals surface area contributed by atoms with Crippen molar-refractivity contribution in [2.75, 3.05) is 26.7 Å². The summed E-state index contributed by atoms with van der Waals surface area (Å²) in [5, 5.41) is 6.26.